The van der Waals surface area contributed by atoms with Crippen molar-refractivity contribution in [2.75, 3.05) is 7.11 Å². The van der Waals surface area contributed by atoms with Crippen LogP contribution in [-0.2, 0) is 10.0 Å². The van der Waals surface area contributed by atoms with Crippen LogP contribution in [0.1, 0.15) is 16.7 Å². The minimum Gasteiger partial charge on any atom is -0.496 e. The number of methoxy groups -OCH3 is 1. The van der Waals surface area contributed by atoms with Gasteiger partial charge in [-0.3, -0.25) is 0 Å². The first-order valence-corrected chi connectivity index (χ1v) is 8.17. The molecule has 0 heterocycles. The van der Waals surface area contributed by atoms with Gasteiger partial charge in [-0.2, -0.15) is 13.5 Å². The van der Waals surface area contributed by atoms with Crippen molar-refractivity contribution in [1.82, 2.24) is 4.83 Å². The molecule has 116 valence electrons. The summed E-state index contributed by atoms with van der Waals surface area (Å²) in [5.74, 6) is 0.622. The summed E-state index contributed by atoms with van der Waals surface area (Å²) >= 11 is 0. The highest BCUT2D eigenvalue weighted by molar-refractivity contribution is 7.89. The average molecular weight is 318 g/mol. The molecule has 2 aromatic rings. The van der Waals surface area contributed by atoms with Crippen molar-refractivity contribution < 1.29 is 13.2 Å². The van der Waals surface area contributed by atoms with Gasteiger partial charge in [-0.1, -0.05) is 24.3 Å². The lowest BCUT2D eigenvalue weighted by Crippen LogP contribution is -2.19. The maximum atomic E-state index is 12.3. The molecule has 0 amide bonds. The quantitative estimate of drug-likeness (QED) is 0.680. The van der Waals surface area contributed by atoms with Crippen LogP contribution in [0.3, 0.4) is 0 Å². The number of aryl methyl sites for hydroxylation is 2. The number of ether oxygens (including phenoxy) is 1. The molecule has 0 atom stereocenters. The molecule has 0 saturated carbocycles. The summed E-state index contributed by atoms with van der Waals surface area (Å²) in [5.41, 5.74) is 2.24. The minimum atomic E-state index is -3.69. The van der Waals surface area contributed by atoms with E-state index in [9.17, 15) is 8.42 Å². The third-order valence-corrected chi connectivity index (χ3v) is 4.51. The monoisotopic (exact) mass is 318 g/mol. The van der Waals surface area contributed by atoms with Gasteiger partial charge in [-0.25, -0.2) is 4.83 Å². The number of nitrogens with one attached hydrogen (secondary N) is 1. The van der Waals surface area contributed by atoms with E-state index in [1.165, 1.54) is 6.21 Å². The van der Waals surface area contributed by atoms with E-state index < -0.39 is 10.0 Å². The molecule has 5 nitrogen and oxygen atoms in total. The number of hydrazone groups is 1. The van der Waals surface area contributed by atoms with Crippen molar-refractivity contribution in [3.05, 3.63) is 59.2 Å². The molecule has 22 heavy (non-hydrogen) atoms. The van der Waals surface area contributed by atoms with E-state index in [-0.39, 0.29) is 4.90 Å². The molecule has 0 saturated heterocycles. The van der Waals surface area contributed by atoms with Crippen molar-refractivity contribution in [3.8, 4) is 5.75 Å². The third-order valence-electron chi connectivity index (χ3n) is 3.15. The molecule has 0 aromatic heterocycles. The van der Waals surface area contributed by atoms with Crippen LogP contribution in [-0.4, -0.2) is 21.7 Å². The van der Waals surface area contributed by atoms with Crippen LogP contribution in [0.2, 0.25) is 0 Å². The maximum Gasteiger partial charge on any atom is 0.276 e. The zero-order valence-corrected chi connectivity index (χ0v) is 13.5. The van der Waals surface area contributed by atoms with Crippen LogP contribution in [0.25, 0.3) is 0 Å². The van der Waals surface area contributed by atoms with Crippen molar-refractivity contribution >= 4 is 16.2 Å². The number of hydrogen-bond donors (Lipinski definition) is 1. The summed E-state index contributed by atoms with van der Waals surface area (Å²) in [5, 5.41) is 3.83. The van der Waals surface area contributed by atoms with E-state index in [1.54, 1.807) is 38.3 Å². The molecule has 1 N–H and O–H groups in total. The topological polar surface area (TPSA) is 67.8 Å². The fourth-order valence-electron chi connectivity index (χ4n) is 1.98. The zero-order chi connectivity index (χ0) is 16.2. The maximum absolute atomic E-state index is 12.3. The summed E-state index contributed by atoms with van der Waals surface area (Å²) < 4.78 is 29.8. The van der Waals surface area contributed by atoms with Gasteiger partial charge < -0.3 is 4.74 Å². The van der Waals surface area contributed by atoms with Gasteiger partial charge in [0.1, 0.15) is 5.75 Å². The van der Waals surface area contributed by atoms with Crippen LogP contribution < -0.4 is 9.57 Å². The van der Waals surface area contributed by atoms with Gasteiger partial charge in [0.05, 0.1) is 18.2 Å². The number of sulfonamides is 1. The van der Waals surface area contributed by atoms with Crippen LogP contribution in [0.4, 0.5) is 0 Å². The van der Waals surface area contributed by atoms with Crippen LogP contribution >= 0.6 is 0 Å². The molecule has 0 bridgehead atoms. The largest absolute Gasteiger partial charge is 0.496 e. The molecular formula is C16H18N2O3S. The van der Waals surface area contributed by atoms with E-state index in [1.807, 2.05) is 25.1 Å². The van der Waals surface area contributed by atoms with Gasteiger partial charge in [0.15, 0.2) is 0 Å². The Kier molecular flexibility index (Phi) is 4.82. The predicted octanol–water partition coefficient (Wildman–Crippen LogP) is 2.62. The Morgan fingerprint density at radius 2 is 1.86 bits per heavy atom. The molecule has 0 aliphatic heterocycles. The van der Waals surface area contributed by atoms with Crippen LogP contribution in [0.15, 0.2) is 52.5 Å². The van der Waals surface area contributed by atoms with Crippen molar-refractivity contribution in [3.63, 3.8) is 0 Å². The summed E-state index contributed by atoms with van der Waals surface area (Å²) in [4.78, 5) is 2.46. The molecule has 0 radical (unpaired) electrons. The molecular weight excluding hydrogens is 300 g/mol. The molecule has 6 heteroatoms. The lowest BCUT2D eigenvalue weighted by molar-refractivity contribution is 0.414. The van der Waals surface area contributed by atoms with Gasteiger partial charge in [-0.15, -0.1) is 0 Å². The van der Waals surface area contributed by atoms with Crippen LogP contribution in [0.5, 0.6) is 5.75 Å². The standard InChI is InChI=1S/C16H18N2O3S/c1-12-8-9-13(2)16(10-12)22(19,20)18-17-11-14-6-4-5-7-15(14)21-3/h4-11,18H,1-3H3/b17-11+. The summed E-state index contributed by atoms with van der Waals surface area (Å²) in [6.45, 7) is 3.59. The van der Waals surface area contributed by atoms with Gasteiger partial charge in [0.25, 0.3) is 10.0 Å². The first-order chi connectivity index (χ1) is 10.4. The normalized spacial score (nSPS) is 11.6. The van der Waals surface area contributed by atoms with Crippen molar-refractivity contribution in [1.29, 1.82) is 0 Å². The first kappa shape index (κ1) is 16.0. The summed E-state index contributed by atoms with van der Waals surface area (Å²) in [7, 11) is -2.14. The lowest BCUT2D eigenvalue weighted by Gasteiger charge is -2.08. The Balaban J connectivity index is 2.23. The van der Waals surface area contributed by atoms with E-state index in [0.29, 0.717) is 16.9 Å². The molecule has 0 spiro atoms. The van der Waals surface area contributed by atoms with Gasteiger partial charge >= 0.3 is 0 Å². The van der Waals surface area contributed by atoms with Crippen molar-refractivity contribution in [2.45, 2.75) is 18.7 Å². The highest BCUT2D eigenvalue weighted by Crippen LogP contribution is 2.17. The van der Waals surface area contributed by atoms with E-state index in [2.05, 4.69) is 9.93 Å². The van der Waals surface area contributed by atoms with E-state index in [4.69, 9.17) is 4.74 Å². The van der Waals surface area contributed by atoms with E-state index >= 15 is 0 Å². The highest BCUT2D eigenvalue weighted by atomic mass is 32.2. The number of rotatable bonds is 5. The second-order valence-corrected chi connectivity index (χ2v) is 6.49. The minimum absolute atomic E-state index is 0.227. The Morgan fingerprint density at radius 1 is 1.14 bits per heavy atom. The number of benzene rings is 2. The zero-order valence-electron chi connectivity index (χ0n) is 12.7. The fraction of sp³-hybridized carbons (Fsp3) is 0.188. The molecule has 0 unspecified atom stereocenters. The van der Waals surface area contributed by atoms with Gasteiger partial charge in [-0.05, 0) is 43.2 Å². The third kappa shape index (κ3) is 3.65. The Hall–Kier alpha value is -2.34. The number of para-hydroxylation sites is 1. The molecule has 2 aromatic carbocycles. The number of hydrogen-bond acceptors (Lipinski definition) is 4. The SMILES string of the molecule is COc1ccccc1/C=N/NS(=O)(=O)c1cc(C)ccc1C. The fourth-order valence-corrected chi connectivity index (χ4v) is 3.11. The Morgan fingerprint density at radius 3 is 2.59 bits per heavy atom. The van der Waals surface area contributed by atoms with E-state index in [0.717, 1.165) is 5.56 Å². The molecule has 2 rings (SSSR count). The number of nitrogens with zero attached hydrogens (tertiary/aromatic N) is 1. The molecule has 0 aliphatic carbocycles. The van der Waals surface area contributed by atoms with Crippen LogP contribution in [0, 0.1) is 13.8 Å². The Bertz CT molecular complexity index is 799. The second kappa shape index (κ2) is 6.62. The van der Waals surface area contributed by atoms with Gasteiger partial charge in [0.2, 0.25) is 0 Å². The average Bonchev–Trinajstić information content (AvgIpc) is 2.50. The lowest BCUT2D eigenvalue weighted by atomic mass is 10.2. The molecule has 0 aliphatic rings. The van der Waals surface area contributed by atoms with Crippen molar-refractivity contribution in [2.24, 2.45) is 5.10 Å². The highest BCUT2D eigenvalue weighted by Gasteiger charge is 2.15. The second-order valence-electron chi connectivity index (χ2n) is 4.86. The Labute approximate surface area is 130 Å². The summed E-state index contributed by atoms with van der Waals surface area (Å²) in [6, 6.07) is 12.5. The smallest absolute Gasteiger partial charge is 0.276 e. The first-order valence-electron chi connectivity index (χ1n) is 6.69. The van der Waals surface area contributed by atoms with Gasteiger partial charge in [0, 0.05) is 5.56 Å². The predicted molar refractivity (Wildman–Crippen MR) is 86.8 cm³/mol. The summed E-state index contributed by atoms with van der Waals surface area (Å²) in [6.07, 6.45) is 1.42. The molecule has 0 fully saturated rings.